The van der Waals surface area contributed by atoms with Gasteiger partial charge in [0.2, 0.25) is 0 Å². The Hall–Kier alpha value is -3.50. The number of anilines is 1. The molecular weight excluding hydrogens is 369 g/mol. The summed E-state index contributed by atoms with van der Waals surface area (Å²) in [5.74, 6) is -1.88. The number of hydrogen-bond donors (Lipinski definition) is 4. The highest BCUT2D eigenvalue weighted by molar-refractivity contribution is 6.04. The monoisotopic (exact) mass is 384 g/mol. The van der Waals surface area contributed by atoms with Gasteiger partial charge in [0.25, 0.3) is 11.8 Å². The maximum Gasteiger partial charge on any atom is 0.405 e. The number of carboxylic acid groups (broad SMARTS) is 1. The van der Waals surface area contributed by atoms with E-state index in [1.165, 1.54) is 23.6 Å². The number of hydrogen-bond acceptors (Lipinski definition) is 3. The van der Waals surface area contributed by atoms with Crippen molar-refractivity contribution in [1.82, 2.24) is 9.99 Å². The summed E-state index contributed by atoms with van der Waals surface area (Å²) in [5, 5.41) is 12.7. The van der Waals surface area contributed by atoms with Crippen molar-refractivity contribution in [2.24, 2.45) is 0 Å². The Labute approximate surface area is 150 Å². The molecule has 1 atom stereocenters. The summed E-state index contributed by atoms with van der Waals surface area (Å²) in [6.45, 7) is 0. The minimum absolute atomic E-state index is 0.0618. The lowest BCUT2D eigenvalue weighted by molar-refractivity contribution is -0.147. The number of nitrogens with one attached hydrogen (secondary N) is 3. The number of alkyl halides is 3. The zero-order chi connectivity index (χ0) is 20.0. The number of para-hydroxylation sites is 1. The average Bonchev–Trinajstić information content (AvgIpc) is 3.01. The van der Waals surface area contributed by atoms with Gasteiger partial charge in [-0.1, -0.05) is 18.2 Å². The second-order valence-corrected chi connectivity index (χ2v) is 5.38. The fourth-order valence-corrected chi connectivity index (χ4v) is 2.17. The van der Waals surface area contributed by atoms with Crippen molar-refractivity contribution in [2.75, 3.05) is 10.7 Å². The van der Waals surface area contributed by atoms with Gasteiger partial charge in [0.05, 0.1) is 6.42 Å². The van der Waals surface area contributed by atoms with Gasteiger partial charge in [-0.3, -0.25) is 19.7 Å². The van der Waals surface area contributed by atoms with E-state index in [0.29, 0.717) is 5.69 Å². The first-order valence-corrected chi connectivity index (χ1v) is 7.56. The van der Waals surface area contributed by atoms with Crippen LogP contribution in [0.25, 0.3) is 0 Å². The standard InChI is InChI=1S/C16H15F3N4O4/c17-16(18,19)9-11(21-15(26)27)13(24)22-23-8-4-7-12(23)14(25)20-10-5-2-1-3-6-10/h1-8,11,21H,9H2,(H,20,25)(H,22,24)(H,26,27). The lowest BCUT2D eigenvalue weighted by Crippen LogP contribution is -2.47. The van der Waals surface area contributed by atoms with Gasteiger partial charge in [-0.05, 0) is 24.3 Å². The smallest absolute Gasteiger partial charge is 0.405 e. The van der Waals surface area contributed by atoms with Crippen LogP contribution in [0.3, 0.4) is 0 Å². The minimum atomic E-state index is -4.77. The quantitative estimate of drug-likeness (QED) is 0.613. The summed E-state index contributed by atoms with van der Waals surface area (Å²) >= 11 is 0. The molecule has 0 saturated heterocycles. The van der Waals surface area contributed by atoms with E-state index in [9.17, 15) is 27.6 Å². The van der Waals surface area contributed by atoms with E-state index in [4.69, 9.17) is 5.11 Å². The van der Waals surface area contributed by atoms with E-state index in [0.717, 1.165) is 4.68 Å². The van der Waals surface area contributed by atoms with Gasteiger partial charge in [-0.2, -0.15) is 13.2 Å². The molecule has 1 aromatic carbocycles. The number of carbonyl (C=O) groups is 3. The highest BCUT2D eigenvalue weighted by Crippen LogP contribution is 2.22. The maximum absolute atomic E-state index is 12.6. The highest BCUT2D eigenvalue weighted by atomic mass is 19.4. The summed E-state index contributed by atoms with van der Waals surface area (Å²) in [7, 11) is 0. The van der Waals surface area contributed by atoms with Crippen LogP contribution in [0.2, 0.25) is 0 Å². The summed E-state index contributed by atoms with van der Waals surface area (Å²) in [6, 6.07) is 9.03. The van der Waals surface area contributed by atoms with Crippen molar-refractivity contribution in [2.45, 2.75) is 18.6 Å². The summed E-state index contributed by atoms with van der Waals surface area (Å²) < 4.78 is 38.6. The van der Waals surface area contributed by atoms with Crippen molar-refractivity contribution in [3.63, 3.8) is 0 Å². The van der Waals surface area contributed by atoms with Crippen LogP contribution in [0.15, 0.2) is 48.7 Å². The number of halogens is 3. The van der Waals surface area contributed by atoms with Gasteiger partial charge in [0.15, 0.2) is 0 Å². The number of rotatable bonds is 6. The van der Waals surface area contributed by atoms with Gasteiger partial charge in [-0.15, -0.1) is 0 Å². The zero-order valence-electron chi connectivity index (χ0n) is 13.7. The Kier molecular flexibility index (Phi) is 6.06. The second-order valence-electron chi connectivity index (χ2n) is 5.38. The number of nitrogens with zero attached hydrogens (tertiary/aromatic N) is 1. The minimum Gasteiger partial charge on any atom is -0.465 e. The molecule has 0 aliphatic carbocycles. The zero-order valence-corrected chi connectivity index (χ0v) is 13.7. The van der Waals surface area contributed by atoms with E-state index < -0.39 is 36.5 Å². The molecule has 0 spiro atoms. The van der Waals surface area contributed by atoms with Crippen molar-refractivity contribution in [1.29, 1.82) is 0 Å². The molecule has 1 heterocycles. The Morgan fingerprint density at radius 3 is 2.33 bits per heavy atom. The molecule has 11 heteroatoms. The third kappa shape index (κ3) is 6.06. The summed E-state index contributed by atoms with van der Waals surface area (Å²) in [5.41, 5.74) is 2.49. The molecular formula is C16H15F3N4O4. The molecule has 0 fully saturated rings. The molecule has 2 aromatic rings. The van der Waals surface area contributed by atoms with Crippen LogP contribution in [-0.4, -0.2) is 39.9 Å². The first kappa shape index (κ1) is 19.8. The van der Waals surface area contributed by atoms with Gasteiger partial charge in [0, 0.05) is 11.9 Å². The molecule has 0 aliphatic heterocycles. The average molecular weight is 384 g/mol. The molecule has 2 rings (SSSR count). The van der Waals surface area contributed by atoms with Crippen LogP contribution >= 0.6 is 0 Å². The molecule has 144 valence electrons. The van der Waals surface area contributed by atoms with Crippen LogP contribution < -0.4 is 16.1 Å². The SMILES string of the molecule is O=C(O)NC(CC(F)(F)F)C(=O)Nn1cccc1C(=O)Nc1ccccc1. The molecule has 27 heavy (non-hydrogen) atoms. The van der Waals surface area contributed by atoms with E-state index in [2.05, 4.69) is 10.7 Å². The largest absolute Gasteiger partial charge is 0.465 e. The van der Waals surface area contributed by atoms with Gasteiger partial charge in [-0.25, -0.2) is 4.79 Å². The first-order chi connectivity index (χ1) is 12.7. The van der Waals surface area contributed by atoms with Crippen LogP contribution in [-0.2, 0) is 4.79 Å². The van der Waals surface area contributed by atoms with Crippen molar-refractivity contribution >= 4 is 23.6 Å². The Morgan fingerprint density at radius 2 is 1.74 bits per heavy atom. The predicted octanol–water partition coefficient (Wildman–Crippen LogP) is 2.40. The number of benzene rings is 1. The highest BCUT2D eigenvalue weighted by Gasteiger charge is 2.36. The Balaban J connectivity index is 2.12. The molecule has 1 unspecified atom stereocenters. The maximum atomic E-state index is 12.6. The second kappa shape index (κ2) is 8.25. The third-order valence-corrected chi connectivity index (χ3v) is 3.29. The first-order valence-electron chi connectivity index (χ1n) is 7.56. The van der Waals surface area contributed by atoms with Gasteiger partial charge in [0.1, 0.15) is 11.7 Å². The predicted molar refractivity (Wildman–Crippen MR) is 88.8 cm³/mol. The van der Waals surface area contributed by atoms with E-state index in [1.807, 2.05) is 0 Å². The molecule has 3 amide bonds. The topological polar surface area (TPSA) is 112 Å². The normalized spacial score (nSPS) is 12.1. The van der Waals surface area contributed by atoms with E-state index >= 15 is 0 Å². The number of aromatic nitrogens is 1. The fourth-order valence-electron chi connectivity index (χ4n) is 2.17. The van der Waals surface area contributed by atoms with Crippen molar-refractivity contribution in [3.8, 4) is 0 Å². The lowest BCUT2D eigenvalue weighted by Gasteiger charge is -2.19. The summed E-state index contributed by atoms with van der Waals surface area (Å²) in [4.78, 5) is 35.0. The van der Waals surface area contributed by atoms with Gasteiger partial charge >= 0.3 is 12.3 Å². The Bertz CT molecular complexity index is 821. The molecule has 0 aliphatic rings. The third-order valence-electron chi connectivity index (χ3n) is 3.29. The van der Waals surface area contributed by atoms with Crippen LogP contribution in [0.1, 0.15) is 16.9 Å². The fraction of sp³-hybridized carbons (Fsp3) is 0.188. The van der Waals surface area contributed by atoms with E-state index in [-0.39, 0.29) is 5.69 Å². The van der Waals surface area contributed by atoms with E-state index in [1.54, 1.807) is 30.3 Å². The molecule has 4 N–H and O–H groups in total. The number of carbonyl (C=O) groups excluding carboxylic acids is 2. The molecule has 1 aromatic heterocycles. The molecule has 0 radical (unpaired) electrons. The van der Waals surface area contributed by atoms with Gasteiger partial charge < -0.3 is 15.7 Å². The molecule has 0 saturated carbocycles. The Morgan fingerprint density at radius 1 is 1.07 bits per heavy atom. The lowest BCUT2D eigenvalue weighted by atomic mass is 10.2. The molecule has 0 bridgehead atoms. The van der Waals surface area contributed by atoms with Crippen LogP contribution in [0, 0.1) is 0 Å². The van der Waals surface area contributed by atoms with Crippen molar-refractivity contribution < 1.29 is 32.7 Å². The summed E-state index contributed by atoms with van der Waals surface area (Å²) in [6.07, 6.45) is -7.01. The van der Waals surface area contributed by atoms with Crippen LogP contribution in [0.5, 0.6) is 0 Å². The van der Waals surface area contributed by atoms with Crippen molar-refractivity contribution in [3.05, 3.63) is 54.4 Å². The van der Waals surface area contributed by atoms with Crippen LogP contribution in [0.4, 0.5) is 23.7 Å². The molecule has 8 nitrogen and oxygen atoms in total. The number of amides is 3.